The molecule has 246 valence electrons. The van der Waals surface area contributed by atoms with Crippen LogP contribution in [0.1, 0.15) is 44.1 Å². The molecular formula is C29H42ClN9O6. The number of carboxylic acids is 1. The van der Waals surface area contributed by atoms with Gasteiger partial charge in [0.2, 0.25) is 5.91 Å². The number of carboxylic acid groups (broad SMARTS) is 1. The Labute approximate surface area is 267 Å². The number of nitrogens with zero attached hydrogens (tertiary/aromatic N) is 8. The average molecular weight is 648 g/mol. The molecule has 0 unspecified atom stereocenters. The van der Waals surface area contributed by atoms with Gasteiger partial charge in [-0.25, -0.2) is 9.78 Å². The maximum atomic E-state index is 13.2. The molecule has 0 aliphatic carbocycles. The topological polar surface area (TPSA) is 166 Å². The van der Waals surface area contributed by atoms with E-state index in [9.17, 15) is 19.2 Å². The zero-order valence-corrected chi connectivity index (χ0v) is 26.8. The third-order valence-corrected chi connectivity index (χ3v) is 7.93. The summed E-state index contributed by atoms with van der Waals surface area (Å²) in [4.78, 5) is 61.5. The van der Waals surface area contributed by atoms with Crippen LogP contribution in [0.3, 0.4) is 0 Å². The van der Waals surface area contributed by atoms with Gasteiger partial charge in [-0.3, -0.25) is 28.9 Å². The number of aliphatic carboxylic acids is 1. The third kappa shape index (κ3) is 10.6. The number of hydrogen-bond donors (Lipinski definition) is 2. The number of anilines is 1. The van der Waals surface area contributed by atoms with E-state index in [-0.39, 0.29) is 42.1 Å². The van der Waals surface area contributed by atoms with Gasteiger partial charge in [-0.1, -0.05) is 16.8 Å². The summed E-state index contributed by atoms with van der Waals surface area (Å²) in [6.45, 7) is 10.8. The lowest BCUT2D eigenvalue weighted by Crippen LogP contribution is -2.50. The van der Waals surface area contributed by atoms with E-state index in [2.05, 4.69) is 25.5 Å². The monoisotopic (exact) mass is 647 g/mol. The summed E-state index contributed by atoms with van der Waals surface area (Å²) in [6, 6.07) is 3.06. The molecule has 4 heterocycles. The lowest BCUT2D eigenvalue weighted by Gasteiger charge is -2.38. The van der Waals surface area contributed by atoms with Crippen molar-refractivity contribution < 1.29 is 29.0 Å². The SMILES string of the molecule is CC(C)(C)OC(=O)N(CCn1ccnn1)CC(=O)Nc1ccc(C(=O)N2CCC(CN3CCN(CC(=O)O)CC3)CC2)nc1Cl. The van der Waals surface area contributed by atoms with Gasteiger partial charge in [-0.15, -0.1) is 5.10 Å². The van der Waals surface area contributed by atoms with Crippen molar-refractivity contribution in [2.75, 3.05) is 70.8 Å². The molecule has 4 rings (SSSR count). The number of amides is 3. The second-order valence-corrected chi connectivity index (χ2v) is 12.7. The van der Waals surface area contributed by atoms with Crippen LogP contribution in [-0.2, 0) is 20.9 Å². The molecule has 2 aromatic heterocycles. The van der Waals surface area contributed by atoms with Gasteiger partial charge in [0.1, 0.15) is 17.8 Å². The fourth-order valence-corrected chi connectivity index (χ4v) is 5.51. The van der Waals surface area contributed by atoms with Gasteiger partial charge in [0.05, 0.1) is 25.0 Å². The molecule has 16 heteroatoms. The Morgan fingerprint density at radius 2 is 1.76 bits per heavy atom. The number of aromatic nitrogens is 4. The number of hydrogen-bond acceptors (Lipinski definition) is 10. The standard InChI is InChI=1S/C29H42ClN9O6/c1-29(2,3)45-28(44)38(16-17-39-11-8-31-34-39)19-24(40)32-22-4-5-23(33-26(22)30)27(43)37-9-6-21(7-10-37)18-35-12-14-36(15-13-35)20-25(41)42/h4-5,8,11,21H,6-7,9-10,12-20H2,1-3H3,(H,32,40)(H,41,42). The summed E-state index contributed by atoms with van der Waals surface area (Å²) in [7, 11) is 0. The van der Waals surface area contributed by atoms with Crippen LogP contribution in [0.4, 0.5) is 10.5 Å². The molecule has 0 atom stereocenters. The average Bonchev–Trinajstić information content (AvgIpc) is 3.50. The zero-order valence-electron chi connectivity index (χ0n) is 26.0. The van der Waals surface area contributed by atoms with Gasteiger partial charge in [0.15, 0.2) is 5.15 Å². The number of ether oxygens (including phenoxy) is 1. The van der Waals surface area contributed by atoms with Crippen LogP contribution in [0.2, 0.25) is 5.15 Å². The second kappa shape index (κ2) is 15.5. The highest BCUT2D eigenvalue weighted by Crippen LogP contribution is 2.24. The van der Waals surface area contributed by atoms with E-state index in [4.69, 9.17) is 21.4 Å². The van der Waals surface area contributed by atoms with Gasteiger partial charge in [-0.05, 0) is 51.7 Å². The Balaban J connectivity index is 1.26. The fraction of sp³-hybridized carbons (Fsp3) is 0.621. The number of likely N-dealkylation sites (tertiary alicyclic amines) is 1. The molecule has 2 saturated heterocycles. The number of nitrogens with one attached hydrogen (secondary N) is 1. The van der Waals surface area contributed by atoms with Crippen LogP contribution >= 0.6 is 11.6 Å². The Bertz CT molecular complexity index is 1320. The van der Waals surface area contributed by atoms with Crippen LogP contribution in [0.25, 0.3) is 0 Å². The third-order valence-electron chi connectivity index (χ3n) is 7.64. The van der Waals surface area contributed by atoms with Crippen molar-refractivity contribution in [1.29, 1.82) is 0 Å². The molecule has 0 saturated carbocycles. The number of rotatable bonds is 11. The Morgan fingerprint density at radius 3 is 2.36 bits per heavy atom. The van der Waals surface area contributed by atoms with Crippen molar-refractivity contribution in [3.63, 3.8) is 0 Å². The molecule has 0 spiro atoms. The molecule has 2 N–H and O–H groups in total. The molecular weight excluding hydrogens is 606 g/mol. The second-order valence-electron chi connectivity index (χ2n) is 12.4. The zero-order chi connectivity index (χ0) is 32.6. The van der Waals surface area contributed by atoms with E-state index in [0.717, 1.165) is 45.6 Å². The number of carbonyl (C=O) groups excluding carboxylic acids is 3. The van der Waals surface area contributed by atoms with Gasteiger partial charge in [0, 0.05) is 58.6 Å². The number of piperazine rings is 1. The predicted octanol–water partition coefficient (Wildman–Crippen LogP) is 1.76. The van der Waals surface area contributed by atoms with Crippen molar-refractivity contribution in [1.82, 2.24) is 39.6 Å². The van der Waals surface area contributed by atoms with E-state index in [0.29, 0.717) is 25.6 Å². The van der Waals surface area contributed by atoms with Crippen molar-refractivity contribution in [3.05, 3.63) is 35.4 Å². The van der Waals surface area contributed by atoms with Crippen molar-refractivity contribution in [2.45, 2.75) is 45.8 Å². The summed E-state index contributed by atoms with van der Waals surface area (Å²) < 4.78 is 7.01. The molecule has 3 amide bonds. The first-order valence-corrected chi connectivity index (χ1v) is 15.5. The summed E-state index contributed by atoms with van der Waals surface area (Å²) >= 11 is 6.38. The first-order valence-electron chi connectivity index (χ1n) is 15.1. The van der Waals surface area contributed by atoms with E-state index >= 15 is 0 Å². The van der Waals surface area contributed by atoms with Crippen LogP contribution < -0.4 is 5.32 Å². The summed E-state index contributed by atoms with van der Waals surface area (Å²) in [5.41, 5.74) is -0.334. The molecule has 15 nitrogen and oxygen atoms in total. The Morgan fingerprint density at radius 1 is 1.07 bits per heavy atom. The minimum Gasteiger partial charge on any atom is -0.480 e. The largest absolute Gasteiger partial charge is 0.480 e. The molecule has 2 aliphatic rings. The number of pyridine rings is 1. The Hall–Kier alpha value is -3.82. The van der Waals surface area contributed by atoms with Gasteiger partial charge in [-0.2, -0.15) is 0 Å². The molecule has 45 heavy (non-hydrogen) atoms. The smallest absolute Gasteiger partial charge is 0.410 e. The van der Waals surface area contributed by atoms with E-state index in [1.54, 1.807) is 36.5 Å². The highest BCUT2D eigenvalue weighted by molar-refractivity contribution is 6.32. The Kier molecular flexibility index (Phi) is 11.7. The van der Waals surface area contributed by atoms with Crippen molar-refractivity contribution in [3.8, 4) is 0 Å². The summed E-state index contributed by atoms with van der Waals surface area (Å²) in [5.74, 6) is -1.06. The lowest BCUT2D eigenvalue weighted by molar-refractivity contribution is -0.138. The predicted molar refractivity (Wildman–Crippen MR) is 165 cm³/mol. The van der Waals surface area contributed by atoms with Crippen LogP contribution in [-0.4, -0.2) is 140 Å². The molecule has 0 aromatic carbocycles. The lowest BCUT2D eigenvalue weighted by atomic mass is 9.95. The highest BCUT2D eigenvalue weighted by atomic mass is 35.5. The maximum absolute atomic E-state index is 13.2. The van der Waals surface area contributed by atoms with E-state index in [1.807, 2.05) is 4.90 Å². The molecule has 0 bridgehead atoms. The van der Waals surface area contributed by atoms with Gasteiger partial charge in [0.25, 0.3) is 5.91 Å². The maximum Gasteiger partial charge on any atom is 0.410 e. The molecule has 0 radical (unpaired) electrons. The van der Waals surface area contributed by atoms with Crippen molar-refractivity contribution >= 4 is 41.2 Å². The van der Waals surface area contributed by atoms with Gasteiger partial charge >= 0.3 is 12.1 Å². The van der Waals surface area contributed by atoms with Crippen LogP contribution in [0, 0.1) is 5.92 Å². The number of piperidine rings is 1. The fourth-order valence-electron chi connectivity index (χ4n) is 5.31. The number of carbonyl (C=O) groups is 4. The normalized spacial score (nSPS) is 16.8. The molecule has 2 fully saturated rings. The summed E-state index contributed by atoms with van der Waals surface area (Å²) in [6.07, 6.45) is 4.26. The van der Waals surface area contributed by atoms with Crippen molar-refractivity contribution in [2.24, 2.45) is 5.92 Å². The van der Waals surface area contributed by atoms with Gasteiger partial charge < -0.3 is 25.0 Å². The summed E-state index contributed by atoms with van der Waals surface area (Å²) in [5, 5.41) is 19.3. The van der Waals surface area contributed by atoms with Crippen LogP contribution in [0.15, 0.2) is 24.5 Å². The van der Waals surface area contributed by atoms with E-state index in [1.165, 1.54) is 23.2 Å². The van der Waals surface area contributed by atoms with E-state index < -0.39 is 23.6 Å². The quantitative estimate of drug-likeness (QED) is 0.341. The molecule has 2 aliphatic heterocycles. The minimum atomic E-state index is -0.798. The van der Waals surface area contributed by atoms with Crippen LogP contribution in [0.5, 0.6) is 0 Å². The first-order chi connectivity index (χ1) is 21.4. The minimum absolute atomic E-state index is 0.0300. The number of halogens is 1. The highest BCUT2D eigenvalue weighted by Gasteiger charge is 2.28. The first kappa shape index (κ1) is 34.1. The molecule has 2 aromatic rings.